The number of nitrogens with one attached hydrogen (secondary N) is 2. The summed E-state index contributed by atoms with van der Waals surface area (Å²) in [6, 6.07) is 0. The summed E-state index contributed by atoms with van der Waals surface area (Å²) in [4.78, 5) is 14.6. The van der Waals surface area contributed by atoms with Gasteiger partial charge in [-0.05, 0) is 26.1 Å². The highest BCUT2D eigenvalue weighted by Crippen LogP contribution is 2.29. The molecule has 0 bridgehead atoms. The van der Waals surface area contributed by atoms with E-state index in [1.807, 2.05) is 19.9 Å². The van der Waals surface area contributed by atoms with Gasteiger partial charge in [0.2, 0.25) is 0 Å². The second-order valence-electron chi connectivity index (χ2n) is 5.96. The predicted octanol–water partition coefficient (Wildman–Crippen LogP) is -0.427. The number of aromatic amines is 1. The molecule has 0 saturated carbocycles. The van der Waals surface area contributed by atoms with E-state index in [1.54, 1.807) is 0 Å². The predicted molar refractivity (Wildman–Crippen MR) is 90.0 cm³/mol. The third-order valence-electron chi connectivity index (χ3n) is 3.80. The first-order chi connectivity index (χ1) is 11.3. The van der Waals surface area contributed by atoms with E-state index in [1.165, 1.54) is 16.3 Å². The molecule has 24 heavy (non-hydrogen) atoms. The van der Waals surface area contributed by atoms with Gasteiger partial charge in [-0.2, -0.15) is 0 Å². The van der Waals surface area contributed by atoms with Crippen LogP contribution in [0.3, 0.4) is 0 Å². The quantitative estimate of drug-likeness (QED) is 0.266. The Hall–Kier alpha value is -1.36. The third-order valence-corrected chi connectivity index (χ3v) is 4.12. The fourth-order valence-electron chi connectivity index (χ4n) is 2.44. The van der Waals surface area contributed by atoms with E-state index >= 15 is 0 Å². The third kappa shape index (κ3) is 4.18. The number of aromatic nitrogens is 2. The van der Waals surface area contributed by atoms with Crippen molar-refractivity contribution in [2.45, 2.75) is 44.9 Å². The summed E-state index contributed by atoms with van der Waals surface area (Å²) in [6.45, 7) is 4.46. The van der Waals surface area contributed by atoms with Crippen LogP contribution in [0, 0.1) is 4.77 Å². The van der Waals surface area contributed by atoms with Crippen LogP contribution >= 0.6 is 12.2 Å². The minimum Gasteiger partial charge on any atom is -0.394 e. The summed E-state index contributed by atoms with van der Waals surface area (Å²) < 4.78 is 6.91. The van der Waals surface area contributed by atoms with E-state index in [0.717, 1.165) is 0 Å². The van der Waals surface area contributed by atoms with Crippen LogP contribution < -0.4 is 10.9 Å². The molecule has 0 aromatic carbocycles. The number of aliphatic hydroxyl groups excluding tert-OH is 3. The highest BCUT2D eigenvalue weighted by molar-refractivity contribution is 7.71. The van der Waals surface area contributed by atoms with E-state index in [9.17, 15) is 20.1 Å². The first kappa shape index (κ1) is 19.0. The summed E-state index contributed by atoms with van der Waals surface area (Å²) in [5.74, 6) is 0. The van der Waals surface area contributed by atoms with E-state index < -0.39 is 31.1 Å². The number of aliphatic hydroxyl groups is 3. The molecule has 4 atom stereocenters. The van der Waals surface area contributed by atoms with Crippen molar-refractivity contribution in [2.24, 2.45) is 0 Å². The molecule has 8 nitrogen and oxygen atoms in total. The van der Waals surface area contributed by atoms with Crippen molar-refractivity contribution in [1.29, 1.82) is 0 Å². The number of hydrogen-bond donors (Lipinski definition) is 5. The topological polar surface area (TPSA) is 120 Å². The number of ether oxygens (including phenoxy) is 1. The van der Waals surface area contributed by atoms with Gasteiger partial charge in [0.15, 0.2) is 11.0 Å². The minimum absolute atomic E-state index is 0.0721. The van der Waals surface area contributed by atoms with Crippen LogP contribution in [-0.2, 0) is 11.3 Å². The Morgan fingerprint density at radius 3 is 2.75 bits per heavy atom. The van der Waals surface area contributed by atoms with Gasteiger partial charge in [-0.3, -0.25) is 14.3 Å². The largest absolute Gasteiger partial charge is 0.394 e. The van der Waals surface area contributed by atoms with Crippen LogP contribution in [0.2, 0.25) is 0 Å². The fourth-order valence-corrected chi connectivity index (χ4v) is 2.68. The Morgan fingerprint density at radius 1 is 1.46 bits per heavy atom. The van der Waals surface area contributed by atoms with Gasteiger partial charge in [0, 0.05) is 24.8 Å². The maximum Gasteiger partial charge on any atom is 0.256 e. The zero-order valence-electron chi connectivity index (χ0n) is 13.6. The lowest BCUT2D eigenvalue weighted by molar-refractivity contribution is -0.0542. The molecule has 2 heterocycles. The maximum atomic E-state index is 12.0. The van der Waals surface area contributed by atoms with Gasteiger partial charge < -0.3 is 25.4 Å². The molecule has 0 radical (unpaired) electrons. The molecule has 0 aliphatic carbocycles. The summed E-state index contributed by atoms with van der Waals surface area (Å²) in [5, 5.41) is 32.2. The number of allylic oxidation sites excluding steroid dienone is 1. The molecule has 1 fully saturated rings. The number of hydrogen-bond acceptors (Lipinski definition) is 7. The smallest absolute Gasteiger partial charge is 0.256 e. The zero-order valence-corrected chi connectivity index (χ0v) is 14.4. The molecule has 1 aliphatic heterocycles. The molecular formula is C15H23N3O5S. The molecule has 0 spiro atoms. The van der Waals surface area contributed by atoms with Crippen molar-refractivity contribution >= 4 is 12.2 Å². The van der Waals surface area contributed by atoms with Gasteiger partial charge >= 0.3 is 0 Å². The highest BCUT2D eigenvalue weighted by atomic mass is 32.1. The molecule has 1 unspecified atom stereocenters. The van der Waals surface area contributed by atoms with E-state index in [2.05, 4.69) is 10.3 Å². The lowest BCUT2D eigenvalue weighted by atomic mass is 10.1. The van der Waals surface area contributed by atoms with Gasteiger partial charge in [0.25, 0.3) is 5.56 Å². The van der Waals surface area contributed by atoms with Crippen LogP contribution in [-0.4, -0.2) is 56.3 Å². The average molecular weight is 357 g/mol. The second-order valence-corrected chi connectivity index (χ2v) is 6.35. The van der Waals surface area contributed by atoms with Crippen LogP contribution in [0.25, 0.3) is 0 Å². The normalized spacial score (nSPS) is 26.5. The van der Waals surface area contributed by atoms with E-state index in [4.69, 9.17) is 17.0 Å². The van der Waals surface area contributed by atoms with Gasteiger partial charge in [0.05, 0.1) is 6.61 Å². The number of H-pyrrole nitrogens is 1. The van der Waals surface area contributed by atoms with Gasteiger partial charge in [0.1, 0.15) is 18.3 Å². The molecular weight excluding hydrogens is 334 g/mol. The molecule has 1 aromatic heterocycles. The SMILES string of the molecule is CC(C)=CCNCc1cn([C@@H]2O[C@H](CO)C(O)[C@@H]2O)c(=S)[nH]c1=O. The van der Waals surface area contributed by atoms with E-state index in [0.29, 0.717) is 18.7 Å². The summed E-state index contributed by atoms with van der Waals surface area (Å²) in [7, 11) is 0. The molecule has 1 aliphatic rings. The number of nitrogens with zero attached hydrogens (tertiary/aromatic N) is 1. The lowest BCUT2D eigenvalue weighted by Gasteiger charge is -2.19. The van der Waals surface area contributed by atoms with Crippen molar-refractivity contribution in [1.82, 2.24) is 14.9 Å². The first-order valence-corrected chi connectivity index (χ1v) is 8.07. The molecule has 1 saturated heterocycles. The van der Waals surface area contributed by atoms with Gasteiger partial charge in [-0.25, -0.2) is 0 Å². The molecule has 1 aromatic rings. The summed E-state index contributed by atoms with van der Waals surface area (Å²) >= 11 is 5.11. The zero-order chi connectivity index (χ0) is 17.9. The molecule has 5 N–H and O–H groups in total. The van der Waals surface area contributed by atoms with E-state index in [-0.39, 0.29) is 10.3 Å². The Bertz CT molecular complexity index is 710. The van der Waals surface area contributed by atoms with Crippen molar-refractivity contribution in [2.75, 3.05) is 13.2 Å². The monoisotopic (exact) mass is 357 g/mol. The highest BCUT2D eigenvalue weighted by Gasteiger charge is 2.43. The Balaban J connectivity index is 2.22. The standard InChI is InChI=1S/C15H23N3O5S/c1-8(2)3-4-16-5-9-6-18(15(24)17-13(9)22)14-12(21)11(20)10(7-19)23-14/h3,6,10-12,14,16,19-21H,4-5,7H2,1-2H3,(H,17,22,24)/t10-,11?,12+,14-/m1/s1. The molecule has 134 valence electrons. The summed E-state index contributed by atoms with van der Waals surface area (Å²) in [5.41, 5.74) is 1.26. The van der Waals surface area contributed by atoms with Gasteiger partial charge in [-0.1, -0.05) is 11.6 Å². The van der Waals surface area contributed by atoms with Crippen molar-refractivity contribution < 1.29 is 20.1 Å². The van der Waals surface area contributed by atoms with Crippen LogP contribution in [0.1, 0.15) is 25.6 Å². The Kier molecular flexibility index (Phi) is 6.44. The maximum absolute atomic E-state index is 12.0. The van der Waals surface area contributed by atoms with Crippen molar-refractivity contribution in [3.63, 3.8) is 0 Å². The molecule has 2 rings (SSSR count). The summed E-state index contributed by atoms with van der Waals surface area (Å²) in [6.07, 6.45) is -0.873. The van der Waals surface area contributed by atoms with Crippen LogP contribution in [0.15, 0.2) is 22.6 Å². The Morgan fingerprint density at radius 2 is 2.17 bits per heavy atom. The molecule has 9 heteroatoms. The minimum atomic E-state index is -1.26. The van der Waals surface area contributed by atoms with Crippen LogP contribution in [0.4, 0.5) is 0 Å². The molecule has 0 amide bonds. The fraction of sp³-hybridized carbons (Fsp3) is 0.600. The van der Waals surface area contributed by atoms with Crippen LogP contribution in [0.5, 0.6) is 0 Å². The average Bonchev–Trinajstić information content (AvgIpc) is 2.81. The van der Waals surface area contributed by atoms with Crippen molar-refractivity contribution in [3.05, 3.63) is 38.5 Å². The van der Waals surface area contributed by atoms with Gasteiger partial charge in [-0.15, -0.1) is 0 Å². The Labute approximate surface area is 144 Å². The number of rotatable bonds is 6. The lowest BCUT2D eigenvalue weighted by Crippen LogP contribution is -2.34. The second kappa shape index (κ2) is 8.15. The van der Waals surface area contributed by atoms with Crippen molar-refractivity contribution in [3.8, 4) is 0 Å². The first-order valence-electron chi connectivity index (χ1n) is 7.66.